The zero-order valence-electron chi connectivity index (χ0n) is 15.8. The van der Waals surface area contributed by atoms with Crippen molar-refractivity contribution in [2.45, 2.75) is 9.79 Å². The lowest BCUT2D eigenvalue weighted by molar-refractivity contribution is -0.387. The molecule has 0 unspecified atom stereocenters. The third kappa shape index (κ3) is 6.17. The molecule has 12 heteroatoms. The van der Waals surface area contributed by atoms with Gasteiger partial charge in [-0.25, -0.2) is 4.79 Å². The van der Waals surface area contributed by atoms with Crippen molar-refractivity contribution < 1.29 is 19.2 Å². The average Bonchev–Trinajstić information content (AvgIpc) is 3.09. The monoisotopic (exact) mass is 476 g/mol. The molecule has 1 aliphatic heterocycles. The van der Waals surface area contributed by atoms with Crippen LogP contribution in [0.25, 0.3) is 0 Å². The van der Waals surface area contributed by atoms with Gasteiger partial charge in [0.15, 0.2) is 5.17 Å². The number of ether oxygens (including phenoxy) is 1. The Balaban J connectivity index is 1.75. The van der Waals surface area contributed by atoms with Crippen LogP contribution < -0.4 is 5.32 Å². The van der Waals surface area contributed by atoms with Gasteiger partial charge in [0.05, 0.1) is 28.0 Å². The van der Waals surface area contributed by atoms with Crippen LogP contribution >= 0.6 is 35.1 Å². The number of nitrogens with one attached hydrogen (secondary N) is 1. The molecule has 2 aromatic rings. The Morgan fingerprint density at radius 2 is 2.03 bits per heavy atom. The number of amides is 1. The summed E-state index contributed by atoms with van der Waals surface area (Å²) in [5, 5.41) is 22.4. The molecule has 1 amide bonds. The van der Waals surface area contributed by atoms with E-state index in [1.54, 1.807) is 36.4 Å². The number of thioether (sulfide) groups is 1. The van der Waals surface area contributed by atoms with Crippen LogP contribution in [0.3, 0.4) is 0 Å². The summed E-state index contributed by atoms with van der Waals surface area (Å²) in [6.45, 7) is 0. The number of nitro groups is 1. The van der Waals surface area contributed by atoms with Crippen molar-refractivity contribution in [1.29, 1.82) is 0 Å². The fourth-order valence-electron chi connectivity index (χ4n) is 2.26. The third-order valence-corrected chi connectivity index (χ3v) is 5.90. The second-order valence-corrected chi connectivity index (χ2v) is 8.36. The molecule has 2 aromatic carbocycles. The van der Waals surface area contributed by atoms with E-state index in [0.717, 1.165) is 22.7 Å². The number of rotatable bonds is 6. The summed E-state index contributed by atoms with van der Waals surface area (Å²) in [4.78, 5) is 35.4. The van der Waals surface area contributed by atoms with Crippen LogP contribution in [-0.2, 0) is 14.3 Å². The summed E-state index contributed by atoms with van der Waals surface area (Å²) in [6, 6.07) is 11.6. The predicted octanol–water partition coefficient (Wildman–Crippen LogP) is 4.01. The zero-order chi connectivity index (χ0) is 22.4. The van der Waals surface area contributed by atoms with Crippen molar-refractivity contribution in [1.82, 2.24) is 5.32 Å². The van der Waals surface area contributed by atoms with Crippen molar-refractivity contribution >= 4 is 64.1 Å². The highest BCUT2D eigenvalue weighted by molar-refractivity contribution is 8.18. The number of carbonyl (C=O) groups is 2. The molecule has 1 N–H and O–H groups in total. The maximum absolute atomic E-state index is 11.8. The normalized spacial score (nSPS) is 16.1. The van der Waals surface area contributed by atoms with Crippen molar-refractivity contribution in [2.75, 3.05) is 7.11 Å². The van der Waals surface area contributed by atoms with E-state index in [0.29, 0.717) is 15.5 Å². The SMILES string of the molecule is COC(=O)/C=C1/S/C(=N\N=Cc2ccc(Sc3ccc(Cl)cc3)c([N+](=O)[O-])c2)NC1=O. The highest BCUT2D eigenvalue weighted by Crippen LogP contribution is 2.35. The summed E-state index contributed by atoms with van der Waals surface area (Å²) in [7, 11) is 1.20. The highest BCUT2D eigenvalue weighted by Gasteiger charge is 2.25. The van der Waals surface area contributed by atoms with Gasteiger partial charge in [-0.3, -0.25) is 20.2 Å². The molecule has 1 saturated heterocycles. The third-order valence-electron chi connectivity index (χ3n) is 3.68. The van der Waals surface area contributed by atoms with Crippen molar-refractivity contribution in [3.05, 3.63) is 74.1 Å². The number of benzene rings is 2. The Morgan fingerprint density at radius 3 is 2.71 bits per heavy atom. The predicted molar refractivity (Wildman–Crippen MR) is 120 cm³/mol. The molecule has 0 saturated carbocycles. The molecule has 0 aliphatic carbocycles. The number of halogens is 1. The lowest BCUT2D eigenvalue weighted by Crippen LogP contribution is -2.19. The largest absolute Gasteiger partial charge is 0.466 e. The fourth-order valence-corrected chi connectivity index (χ4v) is 4.03. The number of amidine groups is 1. The molecule has 0 aromatic heterocycles. The van der Waals surface area contributed by atoms with Gasteiger partial charge in [-0.15, -0.1) is 5.10 Å². The number of nitrogens with zero attached hydrogens (tertiary/aromatic N) is 3. The van der Waals surface area contributed by atoms with Gasteiger partial charge >= 0.3 is 5.97 Å². The Morgan fingerprint density at radius 1 is 1.29 bits per heavy atom. The summed E-state index contributed by atoms with van der Waals surface area (Å²) in [6.07, 6.45) is 2.37. The van der Waals surface area contributed by atoms with Crippen LogP contribution in [-0.4, -0.2) is 35.3 Å². The maximum Gasteiger partial charge on any atom is 0.331 e. The van der Waals surface area contributed by atoms with Crippen LogP contribution in [0, 0.1) is 10.1 Å². The molecule has 0 radical (unpaired) electrons. The van der Waals surface area contributed by atoms with Gasteiger partial charge in [0.1, 0.15) is 0 Å². The van der Waals surface area contributed by atoms with E-state index >= 15 is 0 Å². The summed E-state index contributed by atoms with van der Waals surface area (Å²) < 4.78 is 4.48. The standard InChI is InChI=1S/C19H13ClN4O5S2/c1-29-17(25)9-16-18(26)22-19(31-16)23-21-10-11-2-7-15(14(8-11)24(27)28)30-13-5-3-12(20)4-6-13/h2-10H,1H3,(H,22,23,26)/b16-9+,21-10?. The maximum atomic E-state index is 11.8. The smallest absolute Gasteiger partial charge is 0.331 e. The lowest BCUT2D eigenvalue weighted by Gasteiger charge is -2.04. The van der Waals surface area contributed by atoms with E-state index in [1.807, 2.05) is 0 Å². The molecule has 9 nitrogen and oxygen atoms in total. The van der Waals surface area contributed by atoms with Gasteiger partial charge in [0.2, 0.25) is 0 Å². The molecular weight excluding hydrogens is 464 g/mol. The van der Waals surface area contributed by atoms with E-state index in [2.05, 4.69) is 20.3 Å². The molecule has 31 heavy (non-hydrogen) atoms. The van der Waals surface area contributed by atoms with Gasteiger partial charge < -0.3 is 4.74 Å². The molecule has 3 rings (SSSR count). The van der Waals surface area contributed by atoms with Crippen LogP contribution in [0.5, 0.6) is 0 Å². The molecular formula is C19H13ClN4O5S2. The second-order valence-electron chi connectivity index (χ2n) is 5.78. The molecule has 1 aliphatic rings. The van der Waals surface area contributed by atoms with Crippen LogP contribution in [0.2, 0.25) is 5.02 Å². The fraction of sp³-hybridized carbons (Fsp3) is 0.0526. The van der Waals surface area contributed by atoms with Crippen LogP contribution in [0.15, 0.2) is 73.4 Å². The topological polar surface area (TPSA) is 123 Å². The van der Waals surface area contributed by atoms with Gasteiger partial charge in [0.25, 0.3) is 11.6 Å². The molecule has 0 bridgehead atoms. The minimum Gasteiger partial charge on any atom is -0.466 e. The lowest BCUT2D eigenvalue weighted by atomic mass is 10.2. The van der Waals surface area contributed by atoms with Gasteiger partial charge in [-0.1, -0.05) is 29.4 Å². The number of esters is 1. The van der Waals surface area contributed by atoms with Crippen molar-refractivity contribution in [2.24, 2.45) is 10.2 Å². The summed E-state index contributed by atoms with van der Waals surface area (Å²) >= 11 is 8.04. The van der Waals surface area contributed by atoms with Gasteiger partial charge in [0, 0.05) is 27.6 Å². The van der Waals surface area contributed by atoms with Crippen molar-refractivity contribution in [3.63, 3.8) is 0 Å². The Hall–Kier alpha value is -3.15. The summed E-state index contributed by atoms with van der Waals surface area (Å²) in [5.74, 6) is -1.16. The number of nitro benzene ring substituents is 1. The number of methoxy groups -OCH3 is 1. The average molecular weight is 477 g/mol. The van der Waals surface area contributed by atoms with Gasteiger partial charge in [-0.05, 0) is 42.1 Å². The Labute approximate surface area is 189 Å². The van der Waals surface area contributed by atoms with Gasteiger partial charge in [-0.2, -0.15) is 5.10 Å². The zero-order valence-corrected chi connectivity index (χ0v) is 18.2. The first-order valence-electron chi connectivity index (χ1n) is 8.47. The molecule has 0 spiro atoms. The first-order valence-corrected chi connectivity index (χ1v) is 10.5. The molecule has 158 valence electrons. The minimum absolute atomic E-state index is 0.0802. The second kappa shape index (κ2) is 10.2. The molecule has 0 atom stereocenters. The van der Waals surface area contributed by atoms with Crippen LogP contribution in [0.1, 0.15) is 5.56 Å². The highest BCUT2D eigenvalue weighted by atomic mass is 35.5. The summed E-state index contributed by atoms with van der Waals surface area (Å²) in [5.41, 5.74) is 0.375. The quantitative estimate of drug-likeness (QED) is 0.219. The van der Waals surface area contributed by atoms with E-state index in [-0.39, 0.29) is 15.8 Å². The van der Waals surface area contributed by atoms with E-state index < -0.39 is 16.8 Å². The number of carbonyl (C=O) groups excluding carboxylic acids is 2. The first kappa shape index (κ1) is 22.5. The molecule has 1 heterocycles. The first-order chi connectivity index (χ1) is 14.9. The minimum atomic E-state index is -0.661. The number of hydrogen-bond acceptors (Lipinski definition) is 9. The van der Waals surface area contributed by atoms with E-state index in [9.17, 15) is 19.7 Å². The Bertz CT molecular complexity index is 1130. The Kier molecular flexibility index (Phi) is 7.45. The molecule has 1 fully saturated rings. The number of hydrogen-bond donors (Lipinski definition) is 1. The van der Waals surface area contributed by atoms with Crippen LogP contribution in [0.4, 0.5) is 5.69 Å². The van der Waals surface area contributed by atoms with E-state index in [1.165, 1.54) is 31.2 Å². The van der Waals surface area contributed by atoms with Crippen molar-refractivity contribution in [3.8, 4) is 0 Å². The van der Waals surface area contributed by atoms with E-state index in [4.69, 9.17) is 11.6 Å².